The highest BCUT2D eigenvalue weighted by Gasteiger charge is 2.20. The second kappa shape index (κ2) is 11.6. The number of hydrazone groups is 1. The molecule has 11 heteroatoms. The molecule has 2 fully saturated rings. The molecule has 0 bridgehead atoms. The van der Waals surface area contributed by atoms with Crippen molar-refractivity contribution in [2.45, 2.75) is 13.8 Å². The summed E-state index contributed by atoms with van der Waals surface area (Å²) in [5.41, 5.74) is 3.79. The Morgan fingerprint density at radius 1 is 0.909 bits per heavy atom. The van der Waals surface area contributed by atoms with Gasteiger partial charge in [0.1, 0.15) is 11.5 Å². The Labute approximate surface area is 193 Å². The lowest BCUT2D eigenvalue weighted by Gasteiger charge is -2.30. The van der Waals surface area contributed by atoms with Crippen LogP contribution in [0.5, 0.6) is 11.5 Å². The number of rotatable bonds is 9. The molecule has 0 amide bonds. The van der Waals surface area contributed by atoms with Crippen molar-refractivity contribution in [1.82, 2.24) is 15.0 Å². The molecule has 1 aromatic heterocycles. The van der Waals surface area contributed by atoms with Gasteiger partial charge in [0.15, 0.2) is 0 Å². The molecule has 0 saturated carbocycles. The van der Waals surface area contributed by atoms with Crippen LogP contribution in [-0.2, 0) is 9.47 Å². The normalized spacial score (nSPS) is 16.8. The van der Waals surface area contributed by atoms with E-state index in [2.05, 4.69) is 30.3 Å². The van der Waals surface area contributed by atoms with E-state index in [9.17, 15) is 0 Å². The van der Waals surface area contributed by atoms with Crippen LogP contribution >= 0.6 is 0 Å². The van der Waals surface area contributed by atoms with Crippen LogP contribution in [0.15, 0.2) is 23.3 Å². The summed E-state index contributed by atoms with van der Waals surface area (Å²) >= 11 is 0. The molecule has 2 aliphatic heterocycles. The van der Waals surface area contributed by atoms with Gasteiger partial charge in [-0.05, 0) is 26.0 Å². The first kappa shape index (κ1) is 23.0. The first-order chi connectivity index (χ1) is 16.3. The molecule has 11 nitrogen and oxygen atoms in total. The predicted molar refractivity (Wildman–Crippen MR) is 126 cm³/mol. The van der Waals surface area contributed by atoms with E-state index in [-0.39, 0.29) is 0 Å². The van der Waals surface area contributed by atoms with E-state index in [4.69, 9.17) is 23.9 Å². The summed E-state index contributed by atoms with van der Waals surface area (Å²) in [7, 11) is 0. The lowest BCUT2D eigenvalue weighted by Crippen LogP contribution is -2.40. The van der Waals surface area contributed by atoms with Gasteiger partial charge in [-0.2, -0.15) is 20.1 Å². The standard InChI is InChI=1S/C22H31N7O4/c1-3-32-18-6-5-17(19(15-18)33-4-2)16-23-27-20-24-21(28-7-11-30-12-8-28)26-22(25-20)29-9-13-31-14-10-29/h5-6,15-16H,3-4,7-14H2,1-2H3,(H,24,25,26,27)/b23-16-. The molecule has 1 aromatic carbocycles. The highest BCUT2D eigenvalue weighted by Crippen LogP contribution is 2.24. The second-order valence-corrected chi connectivity index (χ2v) is 7.39. The van der Waals surface area contributed by atoms with Crippen molar-refractivity contribution in [3.8, 4) is 11.5 Å². The molecule has 0 spiro atoms. The number of ether oxygens (including phenoxy) is 4. The fourth-order valence-corrected chi connectivity index (χ4v) is 3.53. The Morgan fingerprint density at radius 2 is 1.52 bits per heavy atom. The Balaban J connectivity index is 1.54. The molecular formula is C22H31N7O4. The van der Waals surface area contributed by atoms with Gasteiger partial charge in [0.25, 0.3) is 0 Å². The predicted octanol–water partition coefficient (Wildman–Crippen LogP) is 1.79. The number of nitrogens with one attached hydrogen (secondary N) is 1. The fraction of sp³-hybridized carbons (Fsp3) is 0.545. The van der Waals surface area contributed by atoms with Crippen molar-refractivity contribution < 1.29 is 18.9 Å². The number of benzene rings is 1. The van der Waals surface area contributed by atoms with Gasteiger partial charge in [-0.1, -0.05) is 0 Å². The average Bonchev–Trinajstić information content (AvgIpc) is 2.86. The molecule has 2 aliphatic rings. The summed E-state index contributed by atoms with van der Waals surface area (Å²) in [6.07, 6.45) is 1.69. The third-order valence-corrected chi connectivity index (χ3v) is 5.16. The second-order valence-electron chi connectivity index (χ2n) is 7.39. The average molecular weight is 458 g/mol. The van der Waals surface area contributed by atoms with E-state index >= 15 is 0 Å². The van der Waals surface area contributed by atoms with E-state index in [0.29, 0.717) is 63.2 Å². The number of hydrogen-bond acceptors (Lipinski definition) is 11. The fourth-order valence-electron chi connectivity index (χ4n) is 3.53. The van der Waals surface area contributed by atoms with Crippen molar-refractivity contribution in [2.24, 2.45) is 5.10 Å². The van der Waals surface area contributed by atoms with E-state index in [1.54, 1.807) is 6.21 Å². The Kier molecular flexibility index (Phi) is 8.09. The van der Waals surface area contributed by atoms with Gasteiger partial charge in [0.05, 0.1) is 45.9 Å². The van der Waals surface area contributed by atoms with Crippen molar-refractivity contribution in [1.29, 1.82) is 0 Å². The molecule has 33 heavy (non-hydrogen) atoms. The first-order valence-electron chi connectivity index (χ1n) is 11.4. The number of morpholine rings is 2. The first-order valence-corrected chi connectivity index (χ1v) is 11.4. The van der Waals surface area contributed by atoms with Crippen LogP contribution in [-0.4, -0.2) is 87.0 Å². The Hall–Kier alpha value is -3.18. The van der Waals surface area contributed by atoms with Crippen molar-refractivity contribution in [3.05, 3.63) is 23.8 Å². The van der Waals surface area contributed by atoms with Crippen molar-refractivity contribution >= 4 is 24.1 Å². The topological polar surface area (TPSA) is 106 Å². The largest absolute Gasteiger partial charge is 0.494 e. The zero-order valence-corrected chi connectivity index (χ0v) is 19.2. The SMILES string of the molecule is CCOc1ccc(/C=N\Nc2nc(N3CCOCC3)nc(N3CCOCC3)n2)c(OCC)c1. The third kappa shape index (κ3) is 6.20. The molecule has 0 radical (unpaired) electrons. The van der Waals surface area contributed by atoms with E-state index in [1.807, 2.05) is 32.0 Å². The summed E-state index contributed by atoms with van der Waals surface area (Å²) in [4.78, 5) is 18.1. The molecule has 3 heterocycles. The van der Waals surface area contributed by atoms with Crippen LogP contribution < -0.4 is 24.7 Å². The van der Waals surface area contributed by atoms with Gasteiger partial charge in [-0.15, -0.1) is 0 Å². The van der Waals surface area contributed by atoms with Gasteiger partial charge in [-0.25, -0.2) is 5.43 Å². The molecule has 0 aliphatic carbocycles. The monoisotopic (exact) mass is 457 g/mol. The van der Waals surface area contributed by atoms with Crippen LogP contribution in [0.2, 0.25) is 0 Å². The minimum Gasteiger partial charge on any atom is -0.494 e. The summed E-state index contributed by atoms with van der Waals surface area (Å²) in [5.74, 6) is 3.07. The highest BCUT2D eigenvalue weighted by atomic mass is 16.5. The van der Waals surface area contributed by atoms with Gasteiger partial charge >= 0.3 is 0 Å². The minimum absolute atomic E-state index is 0.383. The lowest BCUT2D eigenvalue weighted by atomic mass is 10.2. The quantitative estimate of drug-likeness (QED) is 0.442. The zero-order valence-electron chi connectivity index (χ0n) is 19.2. The third-order valence-electron chi connectivity index (χ3n) is 5.16. The lowest BCUT2D eigenvalue weighted by molar-refractivity contribution is 0.121. The molecule has 178 valence electrons. The van der Waals surface area contributed by atoms with E-state index in [1.165, 1.54) is 0 Å². The Bertz CT molecular complexity index is 895. The summed E-state index contributed by atoms with van der Waals surface area (Å²) < 4.78 is 22.2. The zero-order chi connectivity index (χ0) is 22.9. The minimum atomic E-state index is 0.383. The summed E-state index contributed by atoms with van der Waals surface area (Å²) in [6.45, 7) is 10.6. The molecule has 0 atom stereocenters. The Morgan fingerprint density at radius 3 is 2.09 bits per heavy atom. The number of nitrogens with zero attached hydrogens (tertiary/aromatic N) is 6. The molecular weight excluding hydrogens is 426 g/mol. The van der Waals surface area contributed by atoms with Crippen LogP contribution in [0.1, 0.15) is 19.4 Å². The van der Waals surface area contributed by atoms with Gasteiger partial charge in [0, 0.05) is 37.8 Å². The molecule has 0 unspecified atom stereocenters. The smallest absolute Gasteiger partial charge is 0.250 e. The van der Waals surface area contributed by atoms with Crippen LogP contribution in [0, 0.1) is 0 Å². The maximum Gasteiger partial charge on any atom is 0.250 e. The van der Waals surface area contributed by atoms with Crippen LogP contribution in [0.3, 0.4) is 0 Å². The van der Waals surface area contributed by atoms with Crippen molar-refractivity contribution in [2.75, 3.05) is 81.0 Å². The van der Waals surface area contributed by atoms with Gasteiger partial charge < -0.3 is 28.7 Å². The van der Waals surface area contributed by atoms with Gasteiger partial charge in [0.2, 0.25) is 17.8 Å². The summed E-state index contributed by atoms with van der Waals surface area (Å²) in [6, 6.07) is 5.67. The summed E-state index contributed by atoms with van der Waals surface area (Å²) in [5, 5.41) is 4.37. The van der Waals surface area contributed by atoms with Crippen molar-refractivity contribution in [3.63, 3.8) is 0 Å². The number of aromatic nitrogens is 3. The molecule has 2 saturated heterocycles. The molecule has 4 rings (SSSR count). The molecule has 2 aromatic rings. The van der Waals surface area contributed by atoms with Crippen LogP contribution in [0.25, 0.3) is 0 Å². The van der Waals surface area contributed by atoms with E-state index < -0.39 is 0 Å². The van der Waals surface area contributed by atoms with Gasteiger partial charge in [-0.3, -0.25) is 0 Å². The number of hydrogen-bond donors (Lipinski definition) is 1. The number of anilines is 3. The van der Waals surface area contributed by atoms with Crippen LogP contribution in [0.4, 0.5) is 17.8 Å². The maximum atomic E-state index is 5.75. The maximum absolute atomic E-state index is 5.75. The molecule has 1 N–H and O–H groups in total. The van der Waals surface area contributed by atoms with E-state index in [0.717, 1.165) is 37.5 Å². The highest BCUT2D eigenvalue weighted by molar-refractivity contribution is 5.84.